The van der Waals surface area contributed by atoms with E-state index in [-0.39, 0.29) is 0 Å². The molecule has 0 bridgehead atoms. The van der Waals surface area contributed by atoms with Crippen molar-refractivity contribution < 1.29 is 59.9 Å². The number of hydrogen-bond donors (Lipinski definition) is 9. The number of nitrogens with zero attached hydrogens (tertiary/aromatic N) is 3. The maximum Gasteiger partial charge on any atom is 0.346 e. The number of aliphatic hydroxyl groups excluding tert-OH is 7. The Morgan fingerprint density at radius 1 is 1.20 bits per heavy atom. The molecule has 2 heterocycles. The Hall–Kier alpha value is -1.76. The zero-order valence-corrected chi connectivity index (χ0v) is 19.5. The van der Waals surface area contributed by atoms with Gasteiger partial charge in [-0.15, -0.1) is 11.8 Å². The Morgan fingerprint density at radius 3 is 2.34 bits per heavy atom. The van der Waals surface area contributed by atoms with Crippen LogP contribution < -0.4 is 5.32 Å². The minimum absolute atomic E-state index is 0.521. The third-order valence-corrected chi connectivity index (χ3v) is 7.31. The van der Waals surface area contributed by atoms with Crippen LogP contribution in [0.1, 0.15) is 20.3 Å². The van der Waals surface area contributed by atoms with Crippen molar-refractivity contribution in [1.29, 1.82) is 0 Å². The molecule has 17 heteroatoms. The van der Waals surface area contributed by atoms with Gasteiger partial charge in [-0.25, -0.2) is 4.79 Å². The van der Waals surface area contributed by atoms with Gasteiger partial charge in [0.25, 0.3) is 0 Å². The lowest BCUT2D eigenvalue weighted by Crippen LogP contribution is -2.66. The second-order valence-corrected chi connectivity index (χ2v) is 10.0. The van der Waals surface area contributed by atoms with Crippen LogP contribution in [0.4, 0.5) is 0 Å². The fourth-order valence-electron chi connectivity index (χ4n) is 4.07. The van der Waals surface area contributed by atoms with Crippen molar-refractivity contribution in [3.05, 3.63) is 10.4 Å². The number of rotatable bonds is 9. The molecule has 0 aromatic heterocycles. The van der Waals surface area contributed by atoms with E-state index >= 15 is 0 Å². The van der Waals surface area contributed by atoms with Crippen LogP contribution in [0.3, 0.4) is 0 Å². The number of carbonyl (C=O) groups is 2. The number of thioether (sulfide) groups is 1. The van der Waals surface area contributed by atoms with E-state index in [9.17, 15) is 50.4 Å². The van der Waals surface area contributed by atoms with Gasteiger partial charge in [0.2, 0.25) is 10.8 Å². The van der Waals surface area contributed by atoms with Gasteiger partial charge in [0.15, 0.2) is 6.29 Å². The van der Waals surface area contributed by atoms with E-state index in [1.807, 2.05) is 0 Å². The Bertz CT molecular complexity index is 818. The van der Waals surface area contributed by atoms with E-state index in [0.717, 1.165) is 6.92 Å². The fraction of sp³-hybridized carbons (Fsp3) is 0.889. The Balaban J connectivity index is 2.46. The van der Waals surface area contributed by atoms with Crippen molar-refractivity contribution in [2.45, 2.75) is 91.6 Å². The van der Waals surface area contributed by atoms with Crippen molar-refractivity contribution >= 4 is 23.6 Å². The van der Waals surface area contributed by atoms with Crippen LogP contribution in [0, 0.1) is 0 Å². The number of ether oxygens (including phenoxy) is 2. The highest BCUT2D eigenvalue weighted by atomic mass is 32.2. The third-order valence-electron chi connectivity index (χ3n) is 5.85. The van der Waals surface area contributed by atoms with Gasteiger partial charge in [-0.1, -0.05) is 12.0 Å². The molecule has 2 aliphatic heterocycles. The van der Waals surface area contributed by atoms with E-state index < -0.39 is 96.2 Å². The number of carboxylic acid groups (broad SMARTS) is 1. The molecule has 2 aliphatic rings. The molecule has 0 spiro atoms. The highest BCUT2D eigenvalue weighted by Gasteiger charge is 2.57. The van der Waals surface area contributed by atoms with Gasteiger partial charge >= 0.3 is 5.97 Å². The molecular formula is C18H30N4O12S. The molecular weight excluding hydrogens is 496 g/mol. The van der Waals surface area contributed by atoms with E-state index in [4.69, 9.17) is 15.0 Å². The highest BCUT2D eigenvalue weighted by Crippen LogP contribution is 2.45. The van der Waals surface area contributed by atoms with Crippen LogP contribution in [-0.4, -0.2) is 131 Å². The van der Waals surface area contributed by atoms with Gasteiger partial charge < -0.3 is 55.6 Å². The van der Waals surface area contributed by atoms with Gasteiger partial charge in [0, 0.05) is 23.5 Å². The molecule has 35 heavy (non-hydrogen) atoms. The maximum absolute atomic E-state index is 12.4. The second kappa shape index (κ2) is 12.0. The van der Waals surface area contributed by atoms with Crippen molar-refractivity contribution in [1.82, 2.24) is 5.32 Å². The first kappa shape index (κ1) is 29.5. The minimum atomic E-state index is -2.32. The Labute approximate surface area is 203 Å². The van der Waals surface area contributed by atoms with Crippen LogP contribution in [-0.2, 0) is 19.1 Å². The monoisotopic (exact) mass is 526 g/mol. The lowest BCUT2D eigenvalue weighted by Gasteiger charge is -2.48. The SMILES string of the molecule is CC(=O)N[C@H]1[C@H]([C@H](O)[C@H](O)CO)O[C@@](S[C@H](C)[C@H]2O[C@@H](O)[C@H](O)[C@@H](O)[C@H]2O)(C(=O)O)C[C@@H]1N=[N+]=[N-]. The number of carboxylic acids is 1. The lowest BCUT2D eigenvalue weighted by atomic mass is 9.88. The zero-order chi connectivity index (χ0) is 26.7. The van der Waals surface area contributed by atoms with Crippen LogP contribution in [0.5, 0.6) is 0 Å². The largest absolute Gasteiger partial charge is 0.478 e. The van der Waals surface area contributed by atoms with Crippen LogP contribution in [0.2, 0.25) is 0 Å². The average Bonchev–Trinajstić information content (AvgIpc) is 2.80. The van der Waals surface area contributed by atoms with Gasteiger partial charge in [0.1, 0.15) is 42.7 Å². The summed E-state index contributed by atoms with van der Waals surface area (Å²) in [6, 6.07) is -2.60. The Kier molecular flexibility index (Phi) is 10.1. The van der Waals surface area contributed by atoms with Crippen LogP contribution in [0.25, 0.3) is 10.4 Å². The summed E-state index contributed by atoms with van der Waals surface area (Å²) in [5, 5.41) is 84.6. The van der Waals surface area contributed by atoms with Crippen LogP contribution in [0.15, 0.2) is 5.11 Å². The standard InChI is InChI=1S/C18H30N4O12S/c1-5(14-12(28)11(27)13(29)16(30)33-14)35-18(17(31)32)3-7(21-22-19)9(20-6(2)24)15(34-18)10(26)8(25)4-23/h5,7-16,23,25-30H,3-4H2,1-2H3,(H,20,24)(H,31,32)/t5-,7+,8-,9-,10-,11+,12-,13-,14-,15-,16-,18+/m1/s1. The van der Waals surface area contributed by atoms with E-state index in [1.165, 1.54) is 6.92 Å². The summed E-state index contributed by atoms with van der Waals surface area (Å²) >= 11 is 0.521. The number of hydrogen-bond acceptors (Lipinski definition) is 13. The van der Waals surface area contributed by atoms with Crippen LogP contribution >= 0.6 is 11.8 Å². The van der Waals surface area contributed by atoms with Gasteiger partial charge in [0.05, 0.1) is 18.7 Å². The van der Waals surface area contributed by atoms with Crippen molar-refractivity contribution in [2.24, 2.45) is 5.11 Å². The molecule has 16 nitrogen and oxygen atoms in total. The van der Waals surface area contributed by atoms with Crippen molar-refractivity contribution in [3.8, 4) is 0 Å². The predicted molar refractivity (Wildman–Crippen MR) is 115 cm³/mol. The molecule has 2 saturated heterocycles. The van der Waals surface area contributed by atoms with E-state index in [2.05, 4.69) is 15.3 Å². The van der Waals surface area contributed by atoms with Gasteiger partial charge in [-0.3, -0.25) is 4.79 Å². The first-order valence-corrected chi connectivity index (χ1v) is 11.4. The minimum Gasteiger partial charge on any atom is -0.478 e. The topological polar surface area (TPSA) is 275 Å². The molecule has 1 amide bonds. The van der Waals surface area contributed by atoms with E-state index in [0.29, 0.717) is 11.8 Å². The Morgan fingerprint density at radius 2 is 1.83 bits per heavy atom. The molecule has 2 fully saturated rings. The number of carbonyl (C=O) groups excluding carboxylic acids is 1. The molecule has 0 radical (unpaired) electrons. The quantitative estimate of drug-likeness (QED) is 0.0798. The predicted octanol–water partition coefficient (Wildman–Crippen LogP) is -3.62. The fourth-order valence-corrected chi connectivity index (χ4v) is 5.56. The molecule has 2 rings (SSSR count). The first-order chi connectivity index (χ1) is 16.3. The molecule has 200 valence electrons. The molecule has 0 saturated carbocycles. The lowest BCUT2D eigenvalue weighted by molar-refractivity contribution is -0.280. The second-order valence-electron chi connectivity index (χ2n) is 8.37. The summed E-state index contributed by atoms with van der Waals surface area (Å²) in [4.78, 5) is 24.5. The number of nitrogens with one attached hydrogen (secondary N) is 1. The van der Waals surface area contributed by atoms with Gasteiger partial charge in [-0.2, -0.15) is 0 Å². The summed E-state index contributed by atoms with van der Waals surface area (Å²) in [5.74, 6) is -2.26. The number of aliphatic carboxylic acids is 1. The highest BCUT2D eigenvalue weighted by molar-refractivity contribution is 8.01. The smallest absolute Gasteiger partial charge is 0.346 e. The van der Waals surface area contributed by atoms with Crippen molar-refractivity contribution in [3.63, 3.8) is 0 Å². The summed E-state index contributed by atoms with van der Waals surface area (Å²) in [6.45, 7) is 1.55. The number of azide groups is 1. The number of amides is 1. The normalized spacial score (nSPS) is 40.1. The number of aliphatic hydroxyl groups is 7. The summed E-state index contributed by atoms with van der Waals surface area (Å²) in [6.07, 6.45) is -14.6. The molecule has 0 unspecified atom stereocenters. The molecule has 0 aromatic carbocycles. The summed E-state index contributed by atoms with van der Waals surface area (Å²) in [5.41, 5.74) is 9.03. The molecule has 12 atom stereocenters. The summed E-state index contributed by atoms with van der Waals surface area (Å²) < 4.78 is 10.9. The zero-order valence-electron chi connectivity index (χ0n) is 18.7. The van der Waals surface area contributed by atoms with E-state index in [1.54, 1.807) is 0 Å². The van der Waals surface area contributed by atoms with Crippen molar-refractivity contribution in [2.75, 3.05) is 6.61 Å². The first-order valence-electron chi connectivity index (χ1n) is 10.5. The molecule has 0 aliphatic carbocycles. The molecule has 9 N–H and O–H groups in total. The average molecular weight is 527 g/mol. The summed E-state index contributed by atoms with van der Waals surface area (Å²) in [7, 11) is 0. The maximum atomic E-state index is 12.4. The van der Waals surface area contributed by atoms with Gasteiger partial charge in [-0.05, 0) is 5.53 Å². The molecule has 0 aromatic rings. The third kappa shape index (κ3) is 6.33.